The SMILES string of the molecule is Cc1cc(O)c([C@@H](N2CCNCC2)C(F)(F)F)c(C)c1Br.Cl.Cl. The van der Waals surface area contributed by atoms with Gasteiger partial charge in [0.2, 0.25) is 0 Å². The summed E-state index contributed by atoms with van der Waals surface area (Å²) in [6, 6.07) is -0.399. The maximum absolute atomic E-state index is 13.6. The quantitative estimate of drug-likeness (QED) is 0.727. The van der Waals surface area contributed by atoms with Crippen molar-refractivity contribution in [3.63, 3.8) is 0 Å². The highest BCUT2D eigenvalue weighted by molar-refractivity contribution is 9.10. The monoisotopic (exact) mass is 438 g/mol. The number of piperazine rings is 1. The second-order valence-corrected chi connectivity index (χ2v) is 6.09. The van der Waals surface area contributed by atoms with Gasteiger partial charge in [-0.1, -0.05) is 15.9 Å². The van der Waals surface area contributed by atoms with Crippen LogP contribution in [-0.4, -0.2) is 42.4 Å². The topological polar surface area (TPSA) is 35.5 Å². The standard InChI is InChI=1S/C14H18BrF3N2O.2ClH/c1-8-7-10(21)11(9(2)12(8)15)13(14(16,17)18)20-5-3-19-4-6-20;;/h7,13,19,21H,3-6H2,1-2H3;2*1H/t13-;;/m1../s1. The number of hydrogen-bond acceptors (Lipinski definition) is 3. The summed E-state index contributed by atoms with van der Waals surface area (Å²) < 4.78 is 41.4. The van der Waals surface area contributed by atoms with Gasteiger partial charge in [0.1, 0.15) is 11.8 Å². The van der Waals surface area contributed by atoms with E-state index in [9.17, 15) is 18.3 Å². The second kappa shape index (κ2) is 8.76. The van der Waals surface area contributed by atoms with Crippen molar-refractivity contribution in [2.75, 3.05) is 26.2 Å². The molecule has 0 saturated carbocycles. The van der Waals surface area contributed by atoms with Crippen molar-refractivity contribution in [1.82, 2.24) is 10.2 Å². The summed E-state index contributed by atoms with van der Waals surface area (Å²) in [5.41, 5.74) is 1.10. The van der Waals surface area contributed by atoms with Crippen LogP contribution in [0.2, 0.25) is 0 Å². The number of phenols is 1. The third-order valence-corrected chi connectivity index (χ3v) is 5.03. The third kappa shape index (κ3) is 4.89. The number of hydrogen-bond donors (Lipinski definition) is 2. The molecule has 3 nitrogen and oxygen atoms in total. The molecule has 1 aromatic rings. The van der Waals surface area contributed by atoms with E-state index < -0.39 is 12.2 Å². The Morgan fingerprint density at radius 1 is 1.22 bits per heavy atom. The van der Waals surface area contributed by atoms with E-state index in [1.165, 1.54) is 11.0 Å². The molecule has 0 unspecified atom stereocenters. The molecule has 0 aromatic heterocycles. The molecule has 0 amide bonds. The minimum absolute atomic E-state index is 0. The van der Waals surface area contributed by atoms with E-state index in [0.29, 0.717) is 36.2 Å². The van der Waals surface area contributed by atoms with Gasteiger partial charge in [-0.05, 0) is 31.0 Å². The molecular formula is C14H20BrCl2F3N2O. The molecule has 0 bridgehead atoms. The molecule has 0 spiro atoms. The minimum Gasteiger partial charge on any atom is -0.508 e. The number of halogens is 6. The van der Waals surface area contributed by atoms with Crippen molar-refractivity contribution in [3.05, 3.63) is 27.2 Å². The molecule has 1 aliphatic rings. The maximum atomic E-state index is 13.6. The Hall–Kier alpha value is -0.210. The van der Waals surface area contributed by atoms with Crippen LogP contribution in [0.3, 0.4) is 0 Å². The highest BCUT2D eigenvalue weighted by Gasteiger charge is 2.47. The number of nitrogens with zero attached hydrogens (tertiary/aromatic N) is 1. The number of aryl methyl sites for hydroxylation is 1. The van der Waals surface area contributed by atoms with Gasteiger partial charge in [0.15, 0.2) is 0 Å². The largest absolute Gasteiger partial charge is 0.508 e. The average Bonchev–Trinajstić information content (AvgIpc) is 2.40. The summed E-state index contributed by atoms with van der Waals surface area (Å²) in [7, 11) is 0. The van der Waals surface area contributed by atoms with Crippen LogP contribution in [0.25, 0.3) is 0 Å². The van der Waals surface area contributed by atoms with Gasteiger partial charge in [0.25, 0.3) is 0 Å². The van der Waals surface area contributed by atoms with Crippen LogP contribution in [0, 0.1) is 13.8 Å². The first-order valence-electron chi connectivity index (χ1n) is 6.73. The molecule has 23 heavy (non-hydrogen) atoms. The van der Waals surface area contributed by atoms with E-state index in [0.717, 1.165) is 5.56 Å². The van der Waals surface area contributed by atoms with E-state index in [1.807, 2.05) is 0 Å². The lowest BCUT2D eigenvalue weighted by Gasteiger charge is -2.37. The Balaban J connectivity index is 0.00000242. The number of nitrogens with one attached hydrogen (secondary N) is 1. The van der Waals surface area contributed by atoms with Crippen molar-refractivity contribution in [2.24, 2.45) is 0 Å². The van der Waals surface area contributed by atoms with Crippen LogP contribution in [-0.2, 0) is 0 Å². The van der Waals surface area contributed by atoms with Gasteiger partial charge in [-0.2, -0.15) is 13.2 Å². The highest BCUT2D eigenvalue weighted by atomic mass is 79.9. The van der Waals surface area contributed by atoms with Crippen LogP contribution in [0.1, 0.15) is 22.7 Å². The van der Waals surface area contributed by atoms with E-state index in [2.05, 4.69) is 21.2 Å². The average molecular weight is 440 g/mol. The first-order valence-corrected chi connectivity index (χ1v) is 7.52. The Morgan fingerprint density at radius 2 is 1.74 bits per heavy atom. The molecule has 1 aliphatic heterocycles. The van der Waals surface area contributed by atoms with E-state index in [4.69, 9.17) is 0 Å². The van der Waals surface area contributed by atoms with Crippen molar-refractivity contribution in [2.45, 2.75) is 26.1 Å². The van der Waals surface area contributed by atoms with Gasteiger partial charge >= 0.3 is 6.18 Å². The molecule has 9 heteroatoms. The highest BCUT2D eigenvalue weighted by Crippen LogP contribution is 2.45. The fraction of sp³-hybridized carbons (Fsp3) is 0.571. The number of rotatable bonds is 2. The molecule has 1 atom stereocenters. The summed E-state index contributed by atoms with van der Waals surface area (Å²) in [5.74, 6) is -0.297. The summed E-state index contributed by atoms with van der Waals surface area (Å²) >= 11 is 3.31. The minimum atomic E-state index is -4.44. The summed E-state index contributed by atoms with van der Waals surface area (Å²) in [6.07, 6.45) is -4.44. The molecule has 2 N–H and O–H groups in total. The van der Waals surface area contributed by atoms with Gasteiger partial charge in [0, 0.05) is 36.2 Å². The maximum Gasteiger partial charge on any atom is 0.408 e. The summed E-state index contributed by atoms with van der Waals surface area (Å²) in [6.45, 7) is 4.98. The molecule has 0 aliphatic carbocycles. The molecule has 1 fully saturated rings. The molecule has 1 aromatic carbocycles. The van der Waals surface area contributed by atoms with Crippen molar-refractivity contribution in [1.29, 1.82) is 0 Å². The summed E-state index contributed by atoms with van der Waals surface area (Å²) in [4.78, 5) is 1.38. The molecule has 1 heterocycles. The lowest BCUT2D eigenvalue weighted by molar-refractivity contribution is -0.188. The van der Waals surface area contributed by atoms with Crippen LogP contribution >= 0.6 is 40.7 Å². The molecule has 0 radical (unpaired) electrons. The zero-order valence-corrected chi connectivity index (χ0v) is 15.9. The molecule has 1 saturated heterocycles. The normalized spacial score (nSPS) is 17.1. The van der Waals surface area contributed by atoms with Gasteiger partial charge < -0.3 is 10.4 Å². The lowest BCUT2D eigenvalue weighted by atomic mass is 9.95. The lowest BCUT2D eigenvalue weighted by Crippen LogP contribution is -2.49. The zero-order valence-electron chi connectivity index (χ0n) is 12.7. The van der Waals surface area contributed by atoms with Crippen LogP contribution < -0.4 is 5.32 Å². The third-order valence-electron chi connectivity index (χ3n) is 3.81. The van der Waals surface area contributed by atoms with E-state index >= 15 is 0 Å². The van der Waals surface area contributed by atoms with E-state index in [-0.39, 0.29) is 36.1 Å². The first kappa shape index (κ1) is 22.8. The number of benzene rings is 1. The Kier molecular flexibility index (Phi) is 8.68. The van der Waals surface area contributed by atoms with Crippen LogP contribution in [0.4, 0.5) is 13.2 Å². The second-order valence-electron chi connectivity index (χ2n) is 5.30. The van der Waals surface area contributed by atoms with E-state index in [1.54, 1.807) is 13.8 Å². The van der Waals surface area contributed by atoms with Crippen molar-refractivity contribution in [3.8, 4) is 5.75 Å². The van der Waals surface area contributed by atoms with Gasteiger partial charge in [-0.25, -0.2) is 0 Å². The summed E-state index contributed by atoms with van der Waals surface area (Å²) in [5, 5.41) is 13.1. The number of aromatic hydroxyl groups is 1. The molecular weight excluding hydrogens is 420 g/mol. The number of alkyl halides is 3. The fourth-order valence-electron chi connectivity index (χ4n) is 2.79. The van der Waals surface area contributed by atoms with Gasteiger partial charge in [-0.15, -0.1) is 24.8 Å². The van der Waals surface area contributed by atoms with Crippen molar-refractivity contribution >= 4 is 40.7 Å². The Morgan fingerprint density at radius 3 is 2.22 bits per heavy atom. The molecule has 2 rings (SSSR count). The van der Waals surface area contributed by atoms with Crippen LogP contribution in [0.15, 0.2) is 10.5 Å². The first-order chi connectivity index (χ1) is 9.73. The predicted molar refractivity (Wildman–Crippen MR) is 93.0 cm³/mol. The fourth-order valence-corrected chi connectivity index (χ4v) is 3.12. The Bertz CT molecular complexity index is 538. The number of phenolic OH excluding ortho intramolecular Hbond substituents is 1. The Labute approximate surface area is 154 Å². The smallest absolute Gasteiger partial charge is 0.408 e. The molecule has 134 valence electrons. The van der Waals surface area contributed by atoms with Crippen LogP contribution in [0.5, 0.6) is 5.75 Å². The van der Waals surface area contributed by atoms with Gasteiger partial charge in [-0.3, -0.25) is 4.90 Å². The predicted octanol–water partition coefficient (Wildman–Crippen LogP) is 4.12. The van der Waals surface area contributed by atoms with Gasteiger partial charge in [0.05, 0.1) is 0 Å². The van der Waals surface area contributed by atoms with Crippen molar-refractivity contribution < 1.29 is 18.3 Å². The zero-order chi connectivity index (χ0) is 15.8.